The number of thioether (sulfide) groups is 1. The highest BCUT2D eigenvalue weighted by Crippen LogP contribution is 2.31. The molecule has 4 rings (SSSR count). The molecule has 0 radical (unpaired) electrons. The van der Waals surface area contributed by atoms with Crippen molar-refractivity contribution in [3.63, 3.8) is 0 Å². The Kier molecular flexibility index (Phi) is 6.16. The van der Waals surface area contributed by atoms with Gasteiger partial charge in [-0.05, 0) is 50.3 Å². The lowest BCUT2D eigenvalue weighted by Crippen LogP contribution is -2.31. The molecule has 0 saturated carbocycles. The Bertz CT molecular complexity index is 969. The van der Waals surface area contributed by atoms with Crippen LogP contribution in [0.2, 0.25) is 0 Å². The third-order valence-electron chi connectivity index (χ3n) is 5.20. The van der Waals surface area contributed by atoms with E-state index in [9.17, 15) is 5.26 Å². The number of aromatic nitrogens is 3. The van der Waals surface area contributed by atoms with E-state index in [4.69, 9.17) is 0 Å². The van der Waals surface area contributed by atoms with E-state index in [-0.39, 0.29) is 5.25 Å². The SMILES string of the molecule is Cc1ccc(C[C@H](C#N)Sc2nnc(N3CCCCC3)n2-c2ccccc2)cc1. The van der Waals surface area contributed by atoms with Crippen LogP contribution in [0.4, 0.5) is 5.95 Å². The molecule has 1 fully saturated rings. The third-order valence-corrected chi connectivity index (χ3v) is 6.23. The van der Waals surface area contributed by atoms with Gasteiger partial charge in [0.1, 0.15) is 5.25 Å². The Labute approximate surface area is 176 Å². The number of piperidine rings is 1. The quantitative estimate of drug-likeness (QED) is 0.554. The van der Waals surface area contributed by atoms with Gasteiger partial charge in [-0.15, -0.1) is 10.2 Å². The van der Waals surface area contributed by atoms with E-state index in [1.54, 1.807) is 0 Å². The van der Waals surface area contributed by atoms with Crippen LogP contribution in [0.25, 0.3) is 5.69 Å². The summed E-state index contributed by atoms with van der Waals surface area (Å²) < 4.78 is 2.11. The second-order valence-corrected chi connectivity index (χ2v) is 8.60. The number of benzene rings is 2. The Balaban J connectivity index is 1.63. The van der Waals surface area contributed by atoms with Gasteiger partial charge in [-0.1, -0.05) is 59.8 Å². The lowest BCUT2D eigenvalue weighted by molar-refractivity contribution is 0.564. The van der Waals surface area contributed by atoms with E-state index in [0.29, 0.717) is 6.42 Å². The number of anilines is 1. The van der Waals surface area contributed by atoms with Gasteiger partial charge in [0.2, 0.25) is 5.95 Å². The van der Waals surface area contributed by atoms with E-state index >= 15 is 0 Å². The maximum absolute atomic E-state index is 9.78. The zero-order chi connectivity index (χ0) is 20.1. The van der Waals surface area contributed by atoms with Crippen molar-refractivity contribution in [2.45, 2.75) is 43.0 Å². The highest BCUT2D eigenvalue weighted by atomic mass is 32.2. The van der Waals surface area contributed by atoms with Gasteiger partial charge in [-0.2, -0.15) is 5.26 Å². The Morgan fingerprint density at radius 3 is 2.41 bits per heavy atom. The zero-order valence-corrected chi connectivity index (χ0v) is 17.5. The number of hydrogen-bond acceptors (Lipinski definition) is 5. The number of aryl methyl sites for hydroxylation is 1. The van der Waals surface area contributed by atoms with Crippen molar-refractivity contribution in [3.05, 3.63) is 65.7 Å². The molecule has 0 spiro atoms. The molecule has 0 unspecified atom stereocenters. The first-order chi connectivity index (χ1) is 14.2. The molecular formula is C23H25N5S. The molecule has 0 N–H and O–H groups in total. The molecule has 0 amide bonds. The fourth-order valence-corrected chi connectivity index (χ4v) is 4.58. The minimum Gasteiger partial charge on any atom is -0.341 e. The van der Waals surface area contributed by atoms with Gasteiger partial charge in [0, 0.05) is 13.1 Å². The van der Waals surface area contributed by atoms with Crippen LogP contribution in [0.3, 0.4) is 0 Å². The van der Waals surface area contributed by atoms with Gasteiger partial charge in [-0.3, -0.25) is 4.57 Å². The van der Waals surface area contributed by atoms with E-state index in [1.807, 2.05) is 18.2 Å². The van der Waals surface area contributed by atoms with Gasteiger partial charge in [0.05, 0.1) is 11.8 Å². The van der Waals surface area contributed by atoms with Gasteiger partial charge >= 0.3 is 0 Å². The van der Waals surface area contributed by atoms with E-state index in [0.717, 1.165) is 35.4 Å². The molecule has 1 atom stereocenters. The average Bonchev–Trinajstić information content (AvgIpc) is 3.19. The van der Waals surface area contributed by atoms with Crippen molar-refractivity contribution in [2.24, 2.45) is 0 Å². The topological polar surface area (TPSA) is 57.7 Å². The molecule has 2 aromatic carbocycles. The second-order valence-electron chi connectivity index (χ2n) is 7.43. The third kappa shape index (κ3) is 4.63. The first-order valence-electron chi connectivity index (χ1n) is 10.1. The summed E-state index contributed by atoms with van der Waals surface area (Å²) in [5.74, 6) is 0.880. The zero-order valence-electron chi connectivity index (χ0n) is 16.7. The van der Waals surface area contributed by atoms with Crippen molar-refractivity contribution >= 4 is 17.7 Å². The van der Waals surface area contributed by atoms with Crippen molar-refractivity contribution in [1.82, 2.24) is 14.8 Å². The van der Waals surface area contributed by atoms with Gasteiger partial charge in [0.15, 0.2) is 5.16 Å². The maximum atomic E-state index is 9.78. The molecule has 0 aliphatic carbocycles. The molecule has 3 aromatic rings. The first-order valence-corrected chi connectivity index (χ1v) is 11.0. The van der Waals surface area contributed by atoms with Gasteiger partial charge in [0.25, 0.3) is 0 Å². The van der Waals surface area contributed by atoms with E-state index in [2.05, 4.69) is 69.1 Å². The Hall–Kier alpha value is -2.78. The standard InChI is InChI=1S/C23H25N5S/c1-18-10-12-19(13-11-18)16-21(17-24)29-23-26-25-22(27-14-6-3-7-15-27)28(23)20-8-4-2-5-9-20/h2,4-5,8-13,21H,3,6-7,14-16H2,1H3/t21-/m1/s1. The molecule has 6 heteroatoms. The number of nitrogens with zero attached hydrogens (tertiary/aromatic N) is 5. The summed E-state index contributed by atoms with van der Waals surface area (Å²) in [5, 5.41) is 19.4. The molecule has 1 aromatic heterocycles. The van der Waals surface area contributed by atoms with Crippen LogP contribution in [0.5, 0.6) is 0 Å². The molecule has 1 aliphatic rings. The summed E-state index contributed by atoms with van der Waals surface area (Å²) >= 11 is 1.50. The molecule has 2 heterocycles. The number of rotatable bonds is 6. The summed E-state index contributed by atoms with van der Waals surface area (Å²) in [4.78, 5) is 2.31. The van der Waals surface area contributed by atoms with Crippen molar-refractivity contribution < 1.29 is 0 Å². The molecule has 5 nitrogen and oxygen atoms in total. The van der Waals surface area contributed by atoms with Crippen LogP contribution in [-0.4, -0.2) is 33.1 Å². The van der Waals surface area contributed by atoms with Gasteiger partial charge in [-0.25, -0.2) is 0 Å². The fourth-order valence-electron chi connectivity index (χ4n) is 3.62. The molecule has 148 valence electrons. The average molecular weight is 404 g/mol. The monoisotopic (exact) mass is 403 g/mol. The number of hydrogen-bond donors (Lipinski definition) is 0. The summed E-state index contributed by atoms with van der Waals surface area (Å²) in [5.41, 5.74) is 3.43. The molecule has 0 bridgehead atoms. The second kappa shape index (κ2) is 9.15. The number of para-hydroxylation sites is 1. The lowest BCUT2D eigenvalue weighted by atomic mass is 10.1. The maximum Gasteiger partial charge on any atom is 0.232 e. The summed E-state index contributed by atoms with van der Waals surface area (Å²) in [6.07, 6.45) is 4.31. The van der Waals surface area contributed by atoms with Crippen molar-refractivity contribution in [1.29, 1.82) is 5.26 Å². The molecule has 1 aliphatic heterocycles. The Morgan fingerprint density at radius 2 is 1.72 bits per heavy atom. The smallest absolute Gasteiger partial charge is 0.232 e. The highest BCUT2D eigenvalue weighted by molar-refractivity contribution is 8.00. The Morgan fingerprint density at radius 1 is 1.00 bits per heavy atom. The summed E-state index contributed by atoms with van der Waals surface area (Å²) in [6.45, 7) is 4.08. The normalized spacial score (nSPS) is 15.1. The van der Waals surface area contributed by atoms with Crippen molar-refractivity contribution in [3.8, 4) is 11.8 Å². The number of nitriles is 1. The molecular weight excluding hydrogens is 378 g/mol. The fraction of sp³-hybridized carbons (Fsp3) is 0.348. The summed E-state index contributed by atoms with van der Waals surface area (Å²) in [7, 11) is 0. The van der Waals surface area contributed by atoms with Crippen LogP contribution in [-0.2, 0) is 6.42 Å². The lowest BCUT2D eigenvalue weighted by Gasteiger charge is -2.27. The van der Waals surface area contributed by atoms with Crippen LogP contribution >= 0.6 is 11.8 Å². The van der Waals surface area contributed by atoms with E-state index < -0.39 is 0 Å². The van der Waals surface area contributed by atoms with Crippen molar-refractivity contribution in [2.75, 3.05) is 18.0 Å². The largest absolute Gasteiger partial charge is 0.341 e. The first kappa shape index (κ1) is 19.5. The minimum atomic E-state index is -0.224. The van der Waals surface area contributed by atoms with Crippen LogP contribution in [0.1, 0.15) is 30.4 Å². The predicted octanol–water partition coefficient (Wildman–Crippen LogP) is 4.79. The minimum absolute atomic E-state index is 0.224. The van der Waals surface area contributed by atoms with E-state index in [1.165, 1.54) is 36.6 Å². The van der Waals surface area contributed by atoms with Crippen LogP contribution < -0.4 is 4.90 Å². The van der Waals surface area contributed by atoms with Gasteiger partial charge < -0.3 is 4.90 Å². The highest BCUT2D eigenvalue weighted by Gasteiger charge is 2.23. The predicted molar refractivity (Wildman–Crippen MR) is 118 cm³/mol. The molecule has 29 heavy (non-hydrogen) atoms. The van der Waals surface area contributed by atoms with Crippen LogP contribution in [0.15, 0.2) is 59.8 Å². The summed E-state index contributed by atoms with van der Waals surface area (Å²) in [6, 6.07) is 21.0. The van der Waals surface area contributed by atoms with Crippen LogP contribution in [0, 0.1) is 18.3 Å². The molecule has 1 saturated heterocycles.